The smallest absolute Gasteiger partial charge is 0.404 e. The molecule has 0 heterocycles. The minimum atomic E-state index is -0.711. The van der Waals surface area contributed by atoms with Crippen molar-refractivity contribution in [1.82, 2.24) is 5.32 Å². The Bertz CT molecular complexity index is 635. The van der Waals surface area contributed by atoms with Crippen LogP contribution in [0.3, 0.4) is 0 Å². The number of primary amides is 1. The maximum absolute atomic E-state index is 12.7. The third-order valence-corrected chi connectivity index (χ3v) is 4.71. The van der Waals surface area contributed by atoms with Crippen molar-refractivity contribution in [1.29, 1.82) is 0 Å². The van der Waals surface area contributed by atoms with Crippen LogP contribution in [0, 0.1) is 11.3 Å². The van der Waals surface area contributed by atoms with Crippen LogP contribution in [-0.4, -0.2) is 24.1 Å². The zero-order valence-electron chi connectivity index (χ0n) is 19.9. The molecule has 5 nitrogen and oxygen atoms in total. The minimum absolute atomic E-state index is 0.0141. The highest BCUT2D eigenvalue weighted by Crippen LogP contribution is 2.33. The number of carbonyl (C=O) groups excluding carboxylic acids is 2. The van der Waals surface area contributed by atoms with Crippen molar-refractivity contribution in [2.45, 2.75) is 86.1 Å². The van der Waals surface area contributed by atoms with Crippen LogP contribution in [0.25, 0.3) is 0 Å². The molecule has 0 saturated heterocycles. The Hall–Kier alpha value is -2.04. The third kappa shape index (κ3) is 10.9. The molecule has 0 aliphatic carbocycles. The van der Waals surface area contributed by atoms with Crippen molar-refractivity contribution >= 4 is 12.0 Å². The molecule has 0 atom stereocenters. The van der Waals surface area contributed by atoms with Crippen LogP contribution >= 0.6 is 0 Å². The average Bonchev–Trinajstić information content (AvgIpc) is 2.53. The summed E-state index contributed by atoms with van der Waals surface area (Å²) in [5, 5.41) is 3.29. The van der Waals surface area contributed by atoms with E-state index in [0.717, 1.165) is 12.8 Å². The maximum Gasteiger partial charge on any atom is 0.404 e. The highest BCUT2D eigenvalue weighted by Gasteiger charge is 2.35. The molecule has 0 radical (unpaired) electrons. The van der Waals surface area contributed by atoms with Crippen molar-refractivity contribution < 1.29 is 14.3 Å². The molecule has 0 fully saturated rings. The summed E-state index contributed by atoms with van der Waals surface area (Å²) in [5.41, 5.74) is 5.29. The average molecular weight is 407 g/mol. The van der Waals surface area contributed by atoms with E-state index in [4.69, 9.17) is 0 Å². The predicted molar refractivity (Wildman–Crippen MR) is 121 cm³/mol. The standard InChI is InChI=1S/C21H35NO.C3H7NO2/c1-16(2)14-19(3,4)18(23)22-21(7,8)15-20(5,6)17-12-10-9-11-13-17;1-2-6-3(4)5/h9-13,16H,14-15H2,1-8H3,(H,22,23);2H2,1H3,(H2,4,5). The normalized spacial score (nSPS) is 12.1. The Kier molecular flexibility index (Phi) is 10.4. The van der Waals surface area contributed by atoms with Gasteiger partial charge in [0.05, 0.1) is 6.61 Å². The zero-order valence-corrected chi connectivity index (χ0v) is 19.9. The van der Waals surface area contributed by atoms with Crippen LogP contribution in [-0.2, 0) is 14.9 Å². The Morgan fingerprint density at radius 2 is 1.55 bits per heavy atom. The molecular weight excluding hydrogens is 364 g/mol. The van der Waals surface area contributed by atoms with Crippen molar-refractivity contribution in [3.05, 3.63) is 35.9 Å². The van der Waals surface area contributed by atoms with Gasteiger partial charge in [-0.25, -0.2) is 4.79 Å². The van der Waals surface area contributed by atoms with E-state index in [1.165, 1.54) is 5.56 Å². The number of amides is 2. The number of nitrogens with two attached hydrogens (primary N) is 1. The number of rotatable bonds is 8. The van der Waals surface area contributed by atoms with Crippen LogP contribution in [0.4, 0.5) is 4.79 Å². The van der Waals surface area contributed by atoms with E-state index in [0.29, 0.717) is 12.5 Å². The molecule has 0 unspecified atom stereocenters. The number of ether oxygens (including phenoxy) is 1. The van der Waals surface area contributed by atoms with Gasteiger partial charge in [0, 0.05) is 11.0 Å². The maximum atomic E-state index is 12.7. The highest BCUT2D eigenvalue weighted by molar-refractivity contribution is 5.82. The molecule has 0 spiro atoms. The molecule has 0 aliphatic rings. The molecule has 1 aromatic carbocycles. The molecule has 2 amide bonds. The van der Waals surface area contributed by atoms with Gasteiger partial charge in [-0.15, -0.1) is 0 Å². The van der Waals surface area contributed by atoms with E-state index in [1.54, 1.807) is 6.92 Å². The Morgan fingerprint density at radius 3 is 1.93 bits per heavy atom. The van der Waals surface area contributed by atoms with Gasteiger partial charge in [0.2, 0.25) is 5.91 Å². The van der Waals surface area contributed by atoms with Gasteiger partial charge in [-0.05, 0) is 50.5 Å². The summed E-state index contributed by atoms with van der Waals surface area (Å²) >= 11 is 0. The van der Waals surface area contributed by atoms with Crippen LogP contribution < -0.4 is 11.1 Å². The predicted octanol–water partition coefficient (Wildman–Crippen LogP) is 5.42. The van der Waals surface area contributed by atoms with Gasteiger partial charge in [-0.2, -0.15) is 0 Å². The molecular formula is C24H42N2O3. The minimum Gasteiger partial charge on any atom is -0.450 e. The van der Waals surface area contributed by atoms with Crippen molar-refractivity contribution in [3.63, 3.8) is 0 Å². The molecule has 0 aromatic heterocycles. The second-order valence-corrected chi connectivity index (χ2v) is 10.00. The zero-order chi connectivity index (χ0) is 22.9. The van der Waals surface area contributed by atoms with Crippen LogP contribution in [0.15, 0.2) is 30.3 Å². The topological polar surface area (TPSA) is 81.4 Å². The van der Waals surface area contributed by atoms with Crippen molar-refractivity contribution in [2.24, 2.45) is 17.1 Å². The SMILES string of the molecule is CC(C)CC(C)(C)C(=O)NC(C)(C)CC(C)(C)c1ccccc1.CCOC(N)=O. The number of nitrogens with one attached hydrogen (secondary N) is 1. The van der Waals surface area contributed by atoms with Crippen molar-refractivity contribution in [3.8, 4) is 0 Å². The molecule has 5 heteroatoms. The first-order valence-electron chi connectivity index (χ1n) is 10.4. The molecule has 0 bridgehead atoms. The Balaban J connectivity index is 0.00000113. The fraction of sp³-hybridized carbons (Fsp3) is 0.667. The first-order valence-corrected chi connectivity index (χ1v) is 10.4. The van der Waals surface area contributed by atoms with E-state index >= 15 is 0 Å². The van der Waals surface area contributed by atoms with Gasteiger partial charge in [-0.3, -0.25) is 4.79 Å². The van der Waals surface area contributed by atoms with Gasteiger partial charge in [-0.1, -0.05) is 71.9 Å². The number of hydrogen-bond donors (Lipinski definition) is 2. The van der Waals surface area contributed by atoms with E-state index in [2.05, 4.69) is 81.6 Å². The first kappa shape index (κ1) is 27.0. The Morgan fingerprint density at radius 1 is 1.03 bits per heavy atom. The van der Waals surface area contributed by atoms with Crippen molar-refractivity contribution in [2.75, 3.05) is 6.61 Å². The molecule has 29 heavy (non-hydrogen) atoms. The van der Waals surface area contributed by atoms with E-state index in [-0.39, 0.29) is 22.3 Å². The van der Waals surface area contributed by atoms with Gasteiger partial charge in [0.15, 0.2) is 0 Å². The summed E-state index contributed by atoms with van der Waals surface area (Å²) in [6.45, 7) is 19.2. The lowest BCUT2D eigenvalue weighted by molar-refractivity contribution is -0.132. The van der Waals surface area contributed by atoms with Crippen LogP contribution in [0.2, 0.25) is 0 Å². The van der Waals surface area contributed by atoms with Gasteiger partial charge < -0.3 is 15.8 Å². The third-order valence-electron chi connectivity index (χ3n) is 4.71. The lowest BCUT2D eigenvalue weighted by Gasteiger charge is -2.38. The molecule has 0 aliphatic heterocycles. The molecule has 1 aromatic rings. The summed E-state index contributed by atoms with van der Waals surface area (Å²) < 4.78 is 4.18. The fourth-order valence-corrected chi connectivity index (χ4v) is 3.87. The van der Waals surface area contributed by atoms with Gasteiger partial charge in [0.25, 0.3) is 0 Å². The summed E-state index contributed by atoms with van der Waals surface area (Å²) in [7, 11) is 0. The van der Waals surface area contributed by atoms with Gasteiger partial charge in [0.1, 0.15) is 0 Å². The second kappa shape index (κ2) is 11.2. The first-order chi connectivity index (χ1) is 13.1. The largest absolute Gasteiger partial charge is 0.450 e. The lowest BCUT2D eigenvalue weighted by atomic mass is 9.74. The summed E-state index contributed by atoms with van der Waals surface area (Å²) in [4.78, 5) is 22.3. The molecule has 1 rings (SSSR count). The molecule has 3 N–H and O–H groups in total. The number of hydrogen-bond acceptors (Lipinski definition) is 3. The van der Waals surface area contributed by atoms with Crippen LogP contribution in [0.5, 0.6) is 0 Å². The quantitative estimate of drug-likeness (QED) is 0.604. The summed E-state index contributed by atoms with van der Waals surface area (Å²) in [5.74, 6) is 0.666. The van der Waals surface area contributed by atoms with Gasteiger partial charge >= 0.3 is 6.09 Å². The number of carbonyl (C=O) groups is 2. The monoisotopic (exact) mass is 406 g/mol. The summed E-state index contributed by atoms with van der Waals surface area (Å²) in [6, 6.07) is 10.5. The fourth-order valence-electron chi connectivity index (χ4n) is 3.87. The van der Waals surface area contributed by atoms with E-state index < -0.39 is 6.09 Å². The molecule has 166 valence electrons. The highest BCUT2D eigenvalue weighted by atomic mass is 16.5. The number of benzene rings is 1. The lowest BCUT2D eigenvalue weighted by Crippen LogP contribution is -2.51. The molecule has 0 saturated carbocycles. The van der Waals surface area contributed by atoms with E-state index in [1.807, 2.05) is 19.9 Å². The van der Waals surface area contributed by atoms with Crippen LogP contribution in [0.1, 0.15) is 80.7 Å². The van der Waals surface area contributed by atoms with E-state index in [9.17, 15) is 9.59 Å². The second-order valence-electron chi connectivity index (χ2n) is 10.00. The summed E-state index contributed by atoms with van der Waals surface area (Å²) in [6.07, 6.45) is 1.09. The Labute approximate surface area is 177 Å².